The van der Waals surface area contributed by atoms with Gasteiger partial charge in [-0.25, -0.2) is 4.79 Å². The van der Waals surface area contributed by atoms with Gasteiger partial charge in [0.2, 0.25) is 0 Å². The molecule has 2 aromatic rings. The summed E-state index contributed by atoms with van der Waals surface area (Å²) in [5.74, 6) is -1.42. The summed E-state index contributed by atoms with van der Waals surface area (Å²) in [4.78, 5) is 10.8. The number of hydrogen-bond acceptors (Lipinski definition) is 3. The van der Waals surface area contributed by atoms with Gasteiger partial charge in [-0.2, -0.15) is 13.9 Å². The lowest BCUT2D eigenvalue weighted by Gasteiger charge is -2.10. The van der Waals surface area contributed by atoms with Crippen LogP contribution in [0.1, 0.15) is 24.2 Å². The third kappa shape index (κ3) is 3.78. The number of carboxylic acids is 1. The number of nitrogens with zero attached hydrogens (tertiary/aromatic N) is 1. The van der Waals surface area contributed by atoms with Gasteiger partial charge < -0.3 is 9.84 Å². The van der Waals surface area contributed by atoms with Crippen LogP contribution in [-0.2, 0) is 0 Å². The van der Waals surface area contributed by atoms with Crippen LogP contribution in [0, 0.1) is 0 Å². The maximum Gasteiger partial charge on any atom is 0.387 e. The SMILES string of the molecule is CC.O=C(O)c1ccc(-c2cn[nH]c2)c(OC(F)F)c1. The Kier molecular flexibility index (Phi) is 5.64. The van der Waals surface area contributed by atoms with Crippen molar-refractivity contribution in [2.75, 3.05) is 0 Å². The Bertz CT molecular complexity index is 557. The number of rotatable bonds is 4. The Morgan fingerprint density at radius 2 is 2.10 bits per heavy atom. The number of hydrogen-bond donors (Lipinski definition) is 2. The molecule has 0 aliphatic rings. The van der Waals surface area contributed by atoms with Crippen molar-refractivity contribution in [3.63, 3.8) is 0 Å². The second kappa shape index (κ2) is 7.22. The number of nitrogens with one attached hydrogen (secondary N) is 1. The summed E-state index contributed by atoms with van der Waals surface area (Å²) in [6, 6.07) is 3.76. The third-order valence-electron chi connectivity index (χ3n) is 2.25. The number of carboxylic acid groups (broad SMARTS) is 1. The highest BCUT2D eigenvalue weighted by atomic mass is 19.3. The Labute approximate surface area is 114 Å². The number of alkyl halides is 2. The van der Waals surface area contributed by atoms with Gasteiger partial charge in [-0.1, -0.05) is 13.8 Å². The monoisotopic (exact) mass is 284 g/mol. The number of aromatic carboxylic acids is 1. The summed E-state index contributed by atoms with van der Waals surface area (Å²) in [5, 5.41) is 15.0. The van der Waals surface area contributed by atoms with E-state index in [0.29, 0.717) is 11.1 Å². The topological polar surface area (TPSA) is 75.2 Å². The van der Waals surface area contributed by atoms with Gasteiger partial charge in [0.25, 0.3) is 0 Å². The molecule has 0 amide bonds. The van der Waals surface area contributed by atoms with Gasteiger partial charge >= 0.3 is 12.6 Å². The fourth-order valence-electron chi connectivity index (χ4n) is 1.49. The van der Waals surface area contributed by atoms with Crippen LogP contribution in [0.15, 0.2) is 30.6 Å². The van der Waals surface area contributed by atoms with Gasteiger partial charge in [0.15, 0.2) is 0 Å². The van der Waals surface area contributed by atoms with E-state index in [-0.39, 0.29) is 11.3 Å². The van der Waals surface area contributed by atoms with Crippen LogP contribution >= 0.6 is 0 Å². The van der Waals surface area contributed by atoms with Crippen molar-refractivity contribution in [1.82, 2.24) is 10.2 Å². The molecular weight excluding hydrogens is 270 g/mol. The minimum Gasteiger partial charge on any atom is -0.478 e. The normalized spacial score (nSPS) is 9.85. The lowest BCUT2D eigenvalue weighted by molar-refractivity contribution is -0.0495. The van der Waals surface area contributed by atoms with E-state index in [1.54, 1.807) is 0 Å². The molecule has 2 rings (SSSR count). The lowest BCUT2D eigenvalue weighted by Crippen LogP contribution is -2.05. The van der Waals surface area contributed by atoms with Gasteiger partial charge in [0.1, 0.15) is 5.75 Å². The van der Waals surface area contributed by atoms with E-state index < -0.39 is 12.6 Å². The first-order chi connectivity index (χ1) is 9.58. The number of ether oxygens (including phenoxy) is 1. The van der Waals surface area contributed by atoms with Gasteiger partial charge in [-0.3, -0.25) is 5.10 Å². The average Bonchev–Trinajstić information content (AvgIpc) is 2.94. The van der Waals surface area contributed by atoms with E-state index in [1.165, 1.54) is 24.5 Å². The van der Waals surface area contributed by atoms with Gasteiger partial charge in [-0.05, 0) is 18.2 Å². The molecular formula is C13H14F2N2O3. The molecule has 0 aliphatic heterocycles. The number of halogens is 2. The van der Waals surface area contributed by atoms with E-state index in [9.17, 15) is 13.6 Å². The first-order valence-corrected chi connectivity index (χ1v) is 5.89. The first kappa shape index (κ1) is 15.6. The molecule has 0 fully saturated rings. The van der Waals surface area contributed by atoms with E-state index in [1.807, 2.05) is 13.8 Å². The van der Waals surface area contributed by atoms with Crippen molar-refractivity contribution in [3.05, 3.63) is 36.2 Å². The van der Waals surface area contributed by atoms with E-state index in [2.05, 4.69) is 14.9 Å². The predicted molar refractivity (Wildman–Crippen MR) is 69.0 cm³/mol. The van der Waals surface area contributed by atoms with Crippen molar-refractivity contribution < 1.29 is 23.4 Å². The summed E-state index contributed by atoms with van der Waals surface area (Å²) < 4.78 is 28.9. The molecule has 7 heteroatoms. The number of H-pyrrole nitrogens is 1. The van der Waals surface area contributed by atoms with Gasteiger partial charge in [0.05, 0.1) is 11.8 Å². The maximum absolute atomic E-state index is 12.3. The molecule has 108 valence electrons. The number of carbonyl (C=O) groups is 1. The Hall–Kier alpha value is -2.44. The van der Waals surface area contributed by atoms with E-state index in [0.717, 1.165) is 6.07 Å². The zero-order valence-electron chi connectivity index (χ0n) is 10.9. The van der Waals surface area contributed by atoms with Crippen LogP contribution in [0.4, 0.5) is 8.78 Å². The van der Waals surface area contributed by atoms with Crippen LogP contribution in [0.25, 0.3) is 11.1 Å². The molecule has 0 bridgehead atoms. The van der Waals surface area contributed by atoms with Gasteiger partial charge in [-0.15, -0.1) is 0 Å². The second-order valence-electron chi connectivity index (χ2n) is 3.38. The van der Waals surface area contributed by atoms with Crippen LogP contribution in [0.5, 0.6) is 5.75 Å². The third-order valence-corrected chi connectivity index (χ3v) is 2.25. The highest BCUT2D eigenvalue weighted by molar-refractivity contribution is 5.89. The average molecular weight is 284 g/mol. The first-order valence-electron chi connectivity index (χ1n) is 5.89. The fraction of sp³-hybridized carbons (Fsp3) is 0.231. The molecule has 0 radical (unpaired) electrons. The summed E-state index contributed by atoms with van der Waals surface area (Å²) >= 11 is 0. The largest absolute Gasteiger partial charge is 0.478 e. The Balaban J connectivity index is 0.000000956. The highest BCUT2D eigenvalue weighted by Gasteiger charge is 2.15. The summed E-state index contributed by atoms with van der Waals surface area (Å²) in [7, 11) is 0. The molecule has 0 saturated carbocycles. The summed E-state index contributed by atoms with van der Waals surface area (Å²) in [5.41, 5.74) is 0.745. The molecule has 0 aliphatic carbocycles. The smallest absolute Gasteiger partial charge is 0.387 e. The predicted octanol–water partition coefficient (Wildman–Crippen LogP) is 3.40. The van der Waals surface area contributed by atoms with Crippen LogP contribution < -0.4 is 4.74 Å². The molecule has 1 aromatic carbocycles. The maximum atomic E-state index is 12.3. The zero-order chi connectivity index (χ0) is 15.1. The fourth-order valence-corrected chi connectivity index (χ4v) is 1.49. The summed E-state index contributed by atoms with van der Waals surface area (Å²) in [6.45, 7) is 0.972. The van der Waals surface area contributed by atoms with Crippen molar-refractivity contribution in [2.45, 2.75) is 20.5 Å². The zero-order valence-corrected chi connectivity index (χ0v) is 10.9. The molecule has 0 saturated heterocycles. The summed E-state index contributed by atoms with van der Waals surface area (Å²) in [6.07, 6.45) is 2.92. The number of aromatic nitrogens is 2. The lowest BCUT2D eigenvalue weighted by atomic mass is 10.1. The van der Waals surface area contributed by atoms with Crippen LogP contribution in [0.3, 0.4) is 0 Å². The molecule has 2 N–H and O–H groups in total. The quantitative estimate of drug-likeness (QED) is 0.902. The van der Waals surface area contributed by atoms with Crippen molar-refractivity contribution in [3.8, 4) is 16.9 Å². The highest BCUT2D eigenvalue weighted by Crippen LogP contribution is 2.31. The van der Waals surface area contributed by atoms with E-state index >= 15 is 0 Å². The minimum atomic E-state index is -3.03. The Morgan fingerprint density at radius 1 is 1.40 bits per heavy atom. The van der Waals surface area contributed by atoms with Crippen molar-refractivity contribution in [1.29, 1.82) is 0 Å². The standard InChI is InChI=1S/C11H8F2N2O3.C2H6/c12-11(13)18-9-3-6(10(16)17)1-2-8(9)7-4-14-15-5-7;1-2/h1-5,11H,(H,14,15)(H,16,17);1-2H3. The molecule has 5 nitrogen and oxygen atoms in total. The molecule has 0 spiro atoms. The minimum absolute atomic E-state index is 0.127. The van der Waals surface area contributed by atoms with Gasteiger partial charge in [0, 0.05) is 17.3 Å². The molecule has 0 atom stereocenters. The van der Waals surface area contributed by atoms with Crippen molar-refractivity contribution in [2.24, 2.45) is 0 Å². The number of aromatic amines is 1. The number of benzene rings is 1. The second-order valence-corrected chi connectivity index (χ2v) is 3.38. The van der Waals surface area contributed by atoms with Crippen LogP contribution in [0.2, 0.25) is 0 Å². The molecule has 0 unspecified atom stereocenters. The van der Waals surface area contributed by atoms with E-state index in [4.69, 9.17) is 5.11 Å². The van der Waals surface area contributed by atoms with Crippen LogP contribution in [-0.4, -0.2) is 27.9 Å². The molecule has 1 aromatic heterocycles. The Morgan fingerprint density at radius 3 is 2.60 bits per heavy atom. The molecule has 20 heavy (non-hydrogen) atoms. The van der Waals surface area contributed by atoms with Crippen molar-refractivity contribution >= 4 is 5.97 Å². The molecule has 1 heterocycles.